The van der Waals surface area contributed by atoms with Gasteiger partial charge in [0.05, 0.1) is 25.4 Å². The Morgan fingerprint density at radius 1 is 1.27 bits per heavy atom. The largest absolute Gasteiger partial charge is 0.496 e. The molecule has 0 aromatic heterocycles. The summed E-state index contributed by atoms with van der Waals surface area (Å²) in [6.07, 6.45) is -3.03. The number of nitrogens with zero attached hydrogens (tertiary/aromatic N) is 1. The average Bonchev–Trinajstić information content (AvgIpc) is 2.60. The predicted octanol–water partition coefficient (Wildman–Crippen LogP) is 4.04. The highest BCUT2D eigenvalue weighted by Crippen LogP contribution is 2.30. The first-order chi connectivity index (χ1) is 12.3. The van der Waals surface area contributed by atoms with Crippen molar-refractivity contribution in [1.29, 1.82) is 0 Å². The molecule has 0 saturated carbocycles. The number of halogens is 4. The summed E-state index contributed by atoms with van der Waals surface area (Å²) in [7, 11) is 1.51. The van der Waals surface area contributed by atoms with Crippen molar-refractivity contribution in [3.8, 4) is 5.75 Å². The first-order valence-corrected chi connectivity index (χ1v) is 8.15. The van der Waals surface area contributed by atoms with Gasteiger partial charge in [0.2, 0.25) is 0 Å². The summed E-state index contributed by atoms with van der Waals surface area (Å²) in [6.45, 7) is -0.228. The number of amides is 1. The molecule has 0 aliphatic carbocycles. The maximum atomic E-state index is 12.6. The minimum absolute atomic E-state index is 0.188. The molecule has 0 saturated heterocycles. The molecule has 0 bridgehead atoms. The van der Waals surface area contributed by atoms with Crippen LogP contribution in [0.1, 0.15) is 11.1 Å². The smallest absolute Gasteiger partial charge is 0.416 e. The van der Waals surface area contributed by atoms with E-state index in [1.807, 2.05) is 0 Å². The van der Waals surface area contributed by atoms with Gasteiger partial charge in [-0.2, -0.15) is 18.3 Å². The number of methoxy groups -OCH3 is 1. The van der Waals surface area contributed by atoms with E-state index in [4.69, 9.17) is 4.74 Å². The summed E-state index contributed by atoms with van der Waals surface area (Å²) in [5.41, 5.74) is 2.34. The third-order valence-electron chi connectivity index (χ3n) is 3.23. The number of hydrogen-bond donors (Lipinski definition) is 2. The van der Waals surface area contributed by atoms with E-state index in [2.05, 4.69) is 31.8 Å². The molecule has 0 fully saturated rings. The van der Waals surface area contributed by atoms with Gasteiger partial charge in [-0.25, -0.2) is 5.43 Å². The number of alkyl halides is 3. The maximum absolute atomic E-state index is 12.6. The second kappa shape index (κ2) is 8.70. The molecule has 0 radical (unpaired) electrons. The molecule has 0 aliphatic heterocycles. The van der Waals surface area contributed by atoms with Crippen molar-refractivity contribution in [3.05, 3.63) is 58.1 Å². The number of ether oxygens (including phenoxy) is 1. The van der Waals surface area contributed by atoms with Crippen LogP contribution in [0.15, 0.2) is 52.0 Å². The Labute approximate surface area is 156 Å². The van der Waals surface area contributed by atoms with Gasteiger partial charge in [-0.1, -0.05) is 22.0 Å². The van der Waals surface area contributed by atoms with E-state index in [1.54, 1.807) is 18.2 Å². The van der Waals surface area contributed by atoms with Gasteiger partial charge in [0.1, 0.15) is 5.75 Å². The quantitative estimate of drug-likeness (QED) is 0.537. The van der Waals surface area contributed by atoms with Crippen LogP contribution >= 0.6 is 15.9 Å². The van der Waals surface area contributed by atoms with Crippen LogP contribution in [0, 0.1) is 0 Å². The molecule has 0 atom stereocenters. The number of hydrazone groups is 1. The van der Waals surface area contributed by atoms with E-state index in [0.717, 1.165) is 16.6 Å². The van der Waals surface area contributed by atoms with E-state index >= 15 is 0 Å². The molecule has 2 N–H and O–H groups in total. The fourth-order valence-corrected chi connectivity index (χ4v) is 2.39. The van der Waals surface area contributed by atoms with E-state index in [1.165, 1.54) is 25.5 Å². The highest BCUT2D eigenvalue weighted by atomic mass is 79.9. The standard InChI is InChI=1S/C17H15BrF3N3O2/c1-26-15-6-5-13(18)7-11(15)9-23-24-16(25)10-22-14-4-2-3-12(8-14)17(19,20)21/h2-9,22H,10H2,1H3,(H,24,25)/b23-9+. The van der Waals surface area contributed by atoms with Crippen LogP contribution < -0.4 is 15.5 Å². The van der Waals surface area contributed by atoms with Gasteiger partial charge >= 0.3 is 6.18 Å². The van der Waals surface area contributed by atoms with Crippen LogP contribution in [0.2, 0.25) is 0 Å². The van der Waals surface area contributed by atoms with Crippen LogP contribution in [-0.4, -0.2) is 25.8 Å². The molecule has 26 heavy (non-hydrogen) atoms. The summed E-state index contributed by atoms with van der Waals surface area (Å²) < 4.78 is 43.9. The van der Waals surface area contributed by atoms with Gasteiger partial charge < -0.3 is 10.1 Å². The second-order valence-corrected chi connectivity index (χ2v) is 6.03. The molecular formula is C17H15BrF3N3O2. The molecule has 0 aliphatic rings. The van der Waals surface area contributed by atoms with Crippen molar-refractivity contribution in [2.24, 2.45) is 5.10 Å². The van der Waals surface area contributed by atoms with Crippen LogP contribution in [-0.2, 0) is 11.0 Å². The zero-order valence-electron chi connectivity index (χ0n) is 13.6. The highest BCUT2D eigenvalue weighted by Gasteiger charge is 2.30. The third kappa shape index (κ3) is 5.76. The van der Waals surface area contributed by atoms with Gasteiger partial charge in [0, 0.05) is 15.7 Å². The van der Waals surface area contributed by atoms with Gasteiger partial charge in [0.15, 0.2) is 0 Å². The lowest BCUT2D eigenvalue weighted by atomic mass is 10.2. The Balaban J connectivity index is 1.91. The number of nitrogens with one attached hydrogen (secondary N) is 2. The van der Waals surface area contributed by atoms with Crippen molar-refractivity contribution in [1.82, 2.24) is 5.43 Å². The number of carbonyl (C=O) groups is 1. The van der Waals surface area contributed by atoms with E-state index in [-0.39, 0.29) is 12.2 Å². The van der Waals surface area contributed by atoms with Crippen molar-refractivity contribution in [3.63, 3.8) is 0 Å². The average molecular weight is 430 g/mol. The van der Waals surface area contributed by atoms with Crippen molar-refractivity contribution >= 4 is 33.7 Å². The molecule has 138 valence electrons. The fourth-order valence-electron chi connectivity index (χ4n) is 2.01. The van der Waals surface area contributed by atoms with Gasteiger partial charge in [-0.15, -0.1) is 0 Å². The number of rotatable bonds is 6. The first-order valence-electron chi connectivity index (χ1n) is 7.36. The molecule has 0 unspecified atom stereocenters. The monoisotopic (exact) mass is 429 g/mol. The minimum atomic E-state index is -4.44. The number of hydrogen-bond acceptors (Lipinski definition) is 4. The molecule has 1 amide bonds. The van der Waals surface area contributed by atoms with Crippen LogP contribution in [0.5, 0.6) is 5.75 Å². The molecule has 5 nitrogen and oxygen atoms in total. The molecule has 0 heterocycles. The Kier molecular flexibility index (Phi) is 6.62. The molecule has 2 rings (SSSR count). The lowest BCUT2D eigenvalue weighted by Gasteiger charge is -2.10. The summed E-state index contributed by atoms with van der Waals surface area (Å²) in [5, 5.41) is 6.43. The van der Waals surface area contributed by atoms with Gasteiger partial charge in [-0.05, 0) is 36.4 Å². The number of anilines is 1. The second-order valence-electron chi connectivity index (χ2n) is 5.11. The fraction of sp³-hybridized carbons (Fsp3) is 0.176. The Morgan fingerprint density at radius 3 is 2.73 bits per heavy atom. The van der Waals surface area contributed by atoms with E-state index in [9.17, 15) is 18.0 Å². The Hall–Kier alpha value is -2.55. The van der Waals surface area contributed by atoms with Crippen molar-refractivity contribution < 1.29 is 22.7 Å². The summed E-state index contributed by atoms with van der Waals surface area (Å²) >= 11 is 3.32. The summed E-state index contributed by atoms with van der Waals surface area (Å²) in [6, 6.07) is 9.90. The first kappa shape index (κ1) is 19.8. The van der Waals surface area contributed by atoms with E-state index < -0.39 is 17.6 Å². The highest BCUT2D eigenvalue weighted by molar-refractivity contribution is 9.10. The van der Waals surface area contributed by atoms with Crippen LogP contribution in [0.3, 0.4) is 0 Å². The number of benzene rings is 2. The molecule has 9 heteroatoms. The van der Waals surface area contributed by atoms with E-state index in [0.29, 0.717) is 11.3 Å². The van der Waals surface area contributed by atoms with Gasteiger partial charge in [0.25, 0.3) is 5.91 Å². The lowest BCUT2D eigenvalue weighted by molar-refractivity contribution is -0.137. The molecule has 0 spiro atoms. The zero-order chi connectivity index (χ0) is 19.2. The SMILES string of the molecule is COc1ccc(Br)cc1/C=N/NC(=O)CNc1cccc(C(F)(F)F)c1. The predicted molar refractivity (Wildman–Crippen MR) is 96.4 cm³/mol. The molecule has 2 aromatic rings. The Bertz CT molecular complexity index is 810. The maximum Gasteiger partial charge on any atom is 0.416 e. The van der Waals surface area contributed by atoms with Crippen LogP contribution in [0.4, 0.5) is 18.9 Å². The Morgan fingerprint density at radius 2 is 2.04 bits per heavy atom. The zero-order valence-corrected chi connectivity index (χ0v) is 15.2. The van der Waals surface area contributed by atoms with Crippen LogP contribution in [0.25, 0.3) is 0 Å². The topological polar surface area (TPSA) is 62.7 Å². The summed E-state index contributed by atoms with van der Waals surface area (Å²) in [5.74, 6) is 0.0703. The van der Waals surface area contributed by atoms with Crippen molar-refractivity contribution in [2.75, 3.05) is 19.0 Å². The summed E-state index contributed by atoms with van der Waals surface area (Å²) in [4.78, 5) is 11.8. The number of carbonyl (C=O) groups excluding carboxylic acids is 1. The molecule has 2 aromatic carbocycles. The van der Waals surface area contributed by atoms with Crippen molar-refractivity contribution in [2.45, 2.75) is 6.18 Å². The minimum Gasteiger partial charge on any atom is -0.496 e. The normalized spacial score (nSPS) is 11.4. The van der Waals surface area contributed by atoms with Gasteiger partial charge in [-0.3, -0.25) is 4.79 Å². The third-order valence-corrected chi connectivity index (χ3v) is 3.72. The molecular weight excluding hydrogens is 415 g/mol. The lowest BCUT2D eigenvalue weighted by Crippen LogP contribution is -2.26.